The third-order valence-electron chi connectivity index (χ3n) is 5.43. The van der Waals surface area contributed by atoms with E-state index in [0.717, 1.165) is 12.1 Å². The molecule has 2 aromatic heterocycles. The largest absolute Gasteiger partial charge is 1.00 e. The first-order valence-corrected chi connectivity index (χ1v) is 10.7. The number of hydrogen-bond donors (Lipinski definition) is 1. The molecule has 0 saturated carbocycles. The van der Waals surface area contributed by atoms with Crippen molar-refractivity contribution in [3.8, 4) is 0 Å². The van der Waals surface area contributed by atoms with Crippen molar-refractivity contribution in [3.63, 3.8) is 0 Å². The second kappa shape index (κ2) is 11.8. The highest BCUT2D eigenvalue weighted by Gasteiger charge is 2.10. The molecule has 0 atom stereocenters. The number of benzene rings is 2. The SMILES string of the molecule is COCCOCCn1c2ccccc2c2cc(/C=C/c3cc[n+](CCO)cc3)ccc21.[Cl-]. The summed E-state index contributed by atoms with van der Waals surface area (Å²) < 4.78 is 15.1. The number of aliphatic hydroxyl groups excluding tert-OH is 1. The van der Waals surface area contributed by atoms with Crippen molar-refractivity contribution < 1.29 is 31.6 Å². The quantitative estimate of drug-likeness (QED) is 0.287. The Kier molecular flexibility index (Phi) is 8.82. The first-order valence-electron chi connectivity index (χ1n) is 10.7. The number of nitrogens with zero attached hydrogens (tertiary/aromatic N) is 2. The summed E-state index contributed by atoms with van der Waals surface area (Å²) in [4.78, 5) is 0. The van der Waals surface area contributed by atoms with Gasteiger partial charge in [0.1, 0.15) is 6.61 Å². The molecule has 4 aromatic rings. The van der Waals surface area contributed by atoms with Crippen LogP contribution in [0, 0.1) is 0 Å². The number of fused-ring (bicyclic) bond motifs is 3. The van der Waals surface area contributed by atoms with Crippen LogP contribution in [0.5, 0.6) is 0 Å². The second-order valence-electron chi connectivity index (χ2n) is 7.48. The summed E-state index contributed by atoms with van der Waals surface area (Å²) in [6, 6.07) is 19.3. The number of halogens is 1. The van der Waals surface area contributed by atoms with Crippen LogP contribution >= 0.6 is 0 Å². The second-order valence-corrected chi connectivity index (χ2v) is 7.48. The lowest BCUT2D eigenvalue weighted by atomic mass is 10.1. The summed E-state index contributed by atoms with van der Waals surface area (Å²) in [6.07, 6.45) is 8.24. The number of hydrogen-bond acceptors (Lipinski definition) is 3. The van der Waals surface area contributed by atoms with Gasteiger partial charge in [-0.05, 0) is 29.3 Å². The summed E-state index contributed by atoms with van der Waals surface area (Å²) in [7, 11) is 1.69. The van der Waals surface area contributed by atoms with Crippen molar-refractivity contribution in [1.82, 2.24) is 4.57 Å². The number of para-hydroxylation sites is 1. The summed E-state index contributed by atoms with van der Waals surface area (Å²) >= 11 is 0. The van der Waals surface area contributed by atoms with Gasteiger partial charge in [-0.2, -0.15) is 0 Å². The van der Waals surface area contributed by atoms with E-state index in [1.165, 1.54) is 27.4 Å². The van der Waals surface area contributed by atoms with E-state index in [9.17, 15) is 0 Å². The Morgan fingerprint density at radius 1 is 0.875 bits per heavy atom. The van der Waals surface area contributed by atoms with E-state index in [-0.39, 0.29) is 19.0 Å². The Morgan fingerprint density at radius 3 is 2.41 bits per heavy atom. The Bertz CT molecular complexity index is 1170. The average molecular weight is 453 g/mol. The molecular formula is C26H29ClN2O3. The van der Waals surface area contributed by atoms with E-state index in [4.69, 9.17) is 14.6 Å². The molecule has 0 spiro atoms. The van der Waals surface area contributed by atoms with Gasteiger partial charge in [0, 0.05) is 47.6 Å². The molecule has 0 aliphatic rings. The molecule has 168 valence electrons. The van der Waals surface area contributed by atoms with Gasteiger partial charge >= 0.3 is 0 Å². The molecule has 0 saturated heterocycles. The molecule has 1 N–H and O–H groups in total. The van der Waals surface area contributed by atoms with E-state index in [1.54, 1.807) is 7.11 Å². The fourth-order valence-corrected chi connectivity index (χ4v) is 3.85. The van der Waals surface area contributed by atoms with Crippen LogP contribution in [-0.4, -0.2) is 43.2 Å². The number of aliphatic hydroxyl groups is 1. The van der Waals surface area contributed by atoms with Crippen LogP contribution in [0.1, 0.15) is 11.1 Å². The van der Waals surface area contributed by atoms with Crippen LogP contribution in [0.15, 0.2) is 67.0 Å². The maximum atomic E-state index is 9.04. The Labute approximate surface area is 194 Å². The van der Waals surface area contributed by atoms with Gasteiger partial charge in [0.15, 0.2) is 18.9 Å². The summed E-state index contributed by atoms with van der Waals surface area (Å²) in [5.74, 6) is 0. The highest BCUT2D eigenvalue weighted by molar-refractivity contribution is 6.08. The molecule has 0 aliphatic carbocycles. The smallest absolute Gasteiger partial charge is 0.171 e. The number of aromatic nitrogens is 2. The van der Waals surface area contributed by atoms with Crippen LogP contribution < -0.4 is 17.0 Å². The predicted molar refractivity (Wildman–Crippen MR) is 125 cm³/mol. The van der Waals surface area contributed by atoms with Gasteiger partial charge < -0.3 is 31.6 Å². The monoisotopic (exact) mass is 452 g/mol. The van der Waals surface area contributed by atoms with Crippen molar-refractivity contribution in [3.05, 3.63) is 78.1 Å². The molecule has 32 heavy (non-hydrogen) atoms. The van der Waals surface area contributed by atoms with Crippen molar-refractivity contribution in [2.45, 2.75) is 13.1 Å². The summed E-state index contributed by atoms with van der Waals surface area (Å²) in [6.45, 7) is 3.45. The van der Waals surface area contributed by atoms with Gasteiger partial charge in [0.25, 0.3) is 0 Å². The molecule has 0 unspecified atom stereocenters. The molecule has 4 rings (SSSR count). The topological polar surface area (TPSA) is 47.5 Å². The standard InChI is InChI=1S/C26H29N2O3.ClH/c1-30-18-19-31-17-15-28-25-5-3-2-4-23(25)24-20-22(8-9-26(24)28)7-6-21-10-12-27(13-11-21)14-16-29;/h2-13,20,29H,14-19H2,1H3;1H/q+1;/p-1. The molecule has 0 fully saturated rings. The van der Waals surface area contributed by atoms with Gasteiger partial charge in [-0.15, -0.1) is 0 Å². The lowest BCUT2D eigenvalue weighted by Crippen LogP contribution is -3.00. The minimum atomic E-state index is 0. The molecule has 6 heteroatoms. The third-order valence-corrected chi connectivity index (χ3v) is 5.43. The number of methoxy groups -OCH3 is 1. The van der Waals surface area contributed by atoms with Gasteiger partial charge in [-0.1, -0.05) is 36.4 Å². The highest BCUT2D eigenvalue weighted by atomic mass is 35.5. The normalized spacial score (nSPS) is 11.4. The zero-order valence-electron chi connectivity index (χ0n) is 18.3. The Balaban J connectivity index is 0.00000289. The fourth-order valence-electron chi connectivity index (χ4n) is 3.85. The first-order chi connectivity index (χ1) is 15.3. The van der Waals surface area contributed by atoms with E-state index in [0.29, 0.717) is 26.4 Å². The van der Waals surface area contributed by atoms with Crippen molar-refractivity contribution >= 4 is 34.0 Å². The van der Waals surface area contributed by atoms with Gasteiger partial charge in [-0.3, -0.25) is 0 Å². The summed E-state index contributed by atoms with van der Waals surface area (Å²) in [5, 5.41) is 11.6. The molecule has 0 radical (unpaired) electrons. The molecule has 5 nitrogen and oxygen atoms in total. The van der Waals surface area contributed by atoms with Crippen LogP contribution in [0.3, 0.4) is 0 Å². The third kappa shape index (κ3) is 5.56. The zero-order chi connectivity index (χ0) is 21.5. The lowest BCUT2D eigenvalue weighted by molar-refractivity contribution is -0.698. The Hall–Kier alpha value is -2.70. The van der Waals surface area contributed by atoms with Crippen molar-refractivity contribution in [2.24, 2.45) is 0 Å². The lowest BCUT2D eigenvalue weighted by Gasteiger charge is -2.08. The van der Waals surface area contributed by atoms with Crippen LogP contribution in [0.4, 0.5) is 0 Å². The maximum absolute atomic E-state index is 9.04. The van der Waals surface area contributed by atoms with Crippen molar-refractivity contribution in [2.75, 3.05) is 33.5 Å². The molecule has 0 amide bonds. The van der Waals surface area contributed by atoms with Crippen LogP contribution in [-0.2, 0) is 22.6 Å². The molecule has 0 aliphatic heterocycles. The van der Waals surface area contributed by atoms with Crippen molar-refractivity contribution in [1.29, 1.82) is 0 Å². The average Bonchev–Trinajstić information content (AvgIpc) is 3.12. The van der Waals surface area contributed by atoms with Gasteiger partial charge in [-0.25, -0.2) is 4.57 Å². The number of ether oxygens (including phenoxy) is 2. The molecule has 2 aromatic carbocycles. The zero-order valence-corrected chi connectivity index (χ0v) is 19.0. The Morgan fingerprint density at radius 2 is 1.62 bits per heavy atom. The minimum Gasteiger partial charge on any atom is -1.00 e. The minimum absolute atomic E-state index is 0. The van der Waals surface area contributed by atoms with E-state index in [2.05, 4.69) is 71.3 Å². The molecule has 2 heterocycles. The molecular weight excluding hydrogens is 424 g/mol. The summed E-state index contributed by atoms with van der Waals surface area (Å²) in [5.41, 5.74) is 4.74. The van der Waals surface area contributed by atoms with Crippen LogP contribution in [0.2, 0.25) is 0 Å². The van der Waals surface area contributed by atoms with Crippen LogP contribution in [0.25, 0.3) is 34.0 Å². The first kappa shape index (κ1) is 24.0. The highest BCUT2D eigenvalue weighted by Crippen LogP contribution is 2.30. The number of rotatable bonds is 10. The van der Waals surface area contributed by atoms with Gasteiger partial charge in [0.2, 0.25) is 0 Å². The van der Waals surface area contributed by atoms with E-state index in [1.807, 2.05) is 17.0 Å². The maximum Gasteiger partial charge on any atom is 0.171 e. The predicted octanol–water partition coefficient (Wildman–Crippen LogP) is 0.912. The van der Waals surface area contributed by atoms with E-state index >= 15 is 0 Å². The van der Waals surface area contributed by atoms with Gasteiger partial charge in [0.05, 0.1) is 19.8 Å². The number of pyridine rings is 1. The molecule has 0 bridgehead atoms. The van der Waals surface area contributed by atoms with E-state index < -0.39 is 0 Å². The fraction of sp³-hybridized carbons (Fsp3) is 0.269.